The molecule has 6 rings (SSSR count). The van der Waals surface area contributed by atoms with Gasteiger partial charge >= 0.3 is 0 Å². The van der Waals surface area contributed by atoms with Gasteiger partial charge in [0.1, 0.15) is 35.1 Å². The summed E-state index contributed by atoms with van der Waals surface area (Å²) >= 11 is 0. The summed E-state index contributed by atoms with van der Waals surface area (Å²) in [5, 5.41) is 15.4. The van der Waals surface area contributed by atoms with E-state index in [9.17, 15) is 13.9 Å². The third kappa shape index (κ3) is 4.18. The van der Waals surface area contributed by atoms with E-state index in [1.807, 2.05) is 22.7 Å². The number of hydrogen-bond donors (Lipinski definition) is 1. The molecule has 4 aromatic rings. The smallest absolute Gasteiger partial charge is 0.228 e. The lowest BCUT2D eigenvalue weighted by Crippen LogP contribution is -2.46. The van der Waals surface area contributed by atoms with Gasteiger partial charge in [-0.2, -0.15) is 10.1 Å². The fourth-order valence-electron chi connectivity index (χ4n) is 4.42. The van der Waals surface area contributed by atoms with Gasteiger partial charge < -0.3 is 14.7 Å². The fraction of sp³-hybridized carbons (Fsp3) is 0.400. The molecule has 1 aliphatic heterocycles. The molecule has 2 fully saturated rings. The number of rotatable bonds is 5. The van der Waals surface area contributed by atoms with Crippen molar-refractivity contribution in [2.45, 2.75) is 44.9 Å². The molecule has 186 valence electrons. The summed E-state index contributed by atoms with van der Waals surface area (Å²) < 4.78 is 36.2. The standard InChI is InChI=1S/C25H25F2N7O2/c1-13-14(2)30-24-22(29-13)21(18-6-3-16(26)9-19(18)27)31-25(32-24)33-7-8-36-20(12-33)23(35)15-10-28-34(11-15)17-4-5-17/h3,6,9-11,17,20,23,35H,4-5,7-8,12H2,1-2H3. The molecule has 2 aliphatic rings. The van der Waals surface area contributed by atoms with Gasteiger partial charge in [-0.25, -0.2) is 23.7 Å². The second kappa shape index (κ2) is 8.82. The molecule has 0 radical (unpaired) electrons. The van der Waals surface area contributed by atoms with Crippen LogP contribution in [0.25, 0.3) is 22.4 Å². The van der Waals surface area contributed by atoms with Gasteiger partial charge in [-0.15, -0.1) is 0 Å². The van der Waals surface area contributed by atoms with Crippen LogP contribution in [0.2, 0.25) is 0 Å². The van der Waals surface area contributed by atoms with Crippen LogP contribution in [0.4, 0.5) is 14.7 Å². The molecule has 1 saturated carbocycles. The SMILES string of the molecule is Cc1nc2nc(N3CCOC(C(O)c4cnn(C5CC5)c4)C3)nc(-c3ccc(F)cc3F)c2nc1C. The Balaban J connectivity index is 1.37. The maximum atomic E-state index is 14.8. The lowest BCUT2D eigenvalue weighted by molar-refractivity contribution is -0.0461. The molecule has 9 nitrogen and oxygen atoms in total. The van der Waals surface area contributed by atoms with Crippen LogP contribution in [0.1, 0.15) is 41.9 Å². The average Bonchev–Trinajstić information content (AvgIpc) is 3.60. The van der Waals surface area contributed by atoms with E-state index >= 15 is 0 Å². The molecule has 1 saturated heterocycles. The van der Waals surface area contributed by atoms with Crippen molar-refractivity contribution >= 4 is 17.1 Å². The second-order valence-electron chi connectivity index (χ2n) is 9.35. The molecule has 1 aromatic carbocycles. The summed E-state index contributed by atoms with van der Waals surface area (Å²) in [4.78, 5) is 20.3. The first kappa shape index (κ1) is 22.9. The van der Waals surface area contributed by atoms with Gasteiger partial charge in [0, 0.05) is 29.9 Å². The molecule has 36 heavy (non-hydrogen) atoms. The number of aliphatic hydroxyl groups excluding tert-OH is 1. The molecule has 4 heterocycles. The van der Waals surface area contributed by atoms with Gasteiger partial charge in [0.15, 0.2) is 5.65 Å². The normalized spacial score (nSPS) is 19.1. The first-order chi connectivity index (χ1) is 17.4. The number of halogens is 2. The van der Waals surface area contributed by atoms with Crippen LogP contribution in [0, 0.1) is 25.5 Å². The van der Waals surface area contributed by atoms with Crippen LogP contribution < -0.4 is 4.90 Å². The summed E-state index contributed by atoms with van der Waals surface area (Å²) in [5.74, 6) is -1.11. The Morgan fingerprint density at radius 2 is 1.89 bits per heavy atom. The van der Waals surface area contributed by atoms with Crippen LogP contribution in [-0.2, 0) is 4.74 Å². The molecule has 1 N–H and O–H groups in total. The Morgan fingerprint density at radius 3 is 2.67 bits per heavy atom. The molecular weight excluding hydrogens is 468 g/mol. The van der Waals surface area contributed by atoms with Crippen molar-refractivity contribution in [3.63, 3.8) is 0 Å². The highest BCUT2D eigenvalue weighted by Crippen LogP contribution is 2.35. The van der Waals surface area contributed by atoms with Crippen molar-refractivity contribution in [1.82, 2.24) is 29.7 Å². The van der Waals surface area contributed by atoms with E-state index in [0.29, 0.717) is 59.8 Å². The van der Waals surface area contributed by atoms with Crippen molar-refractivity contribution in [2.75, 3.05) is 24.6 Å². The summed E-state index contributed by atoms with van der Waals surface area (Å²) in [6.07, 6.45) is 4.33. The van der Waals surface area contributed by atoms with Crippen LogP contribution in [0.15, 0.2) is 30.6 Å². The lowest BCUT2D eigenvalue weighted by Gasteiger charge is -2.35. The highest BCUT2D eigenvalue weighted by Gasteiger charge is 2.32. The van der Waals surface area contributed by atoms with Crippen LogP contribution in [0.5, 0.6) is 0 Å². The highest BCUT2D eigenvalue weighted by atomic mass is 19.1. The van der Waals surface area contributed by atoms with Gasteiger partial charge in [0.2, 0.25) is 5.95 Å². The summed E-state index contributed by atoms with van der Waals surface area (Å²) in [5.41, 5.74) is 3.06. The predicted octanol–water partition coefficient (Wildman–Crippen LogP) is 3.45. The Labute approximate surface area is 205 Å². The molecule has 11 heteroatoms. The maximum Gasteiger partial charge on any atom is 0.228 e. The number of aryl methyl sites for hydroxylation is 2. The van der Waals surface area contributed by atoms with Crippen molar-refractivity contribution in [3.05, 3.63) is 59.2 Å². The van der Waals surface area contributed by atoms with Crippen LogP contribution in [0.3, 0.4) is 0 Å². The highest BCUT2D eigenvalue weighted by molar-refractivity contribution is 5.88. The Hall–Kier alpha value is -3.57. The third-order valence-electron chi connectivity index (χ3n) is 6.73. The number of nitrogens with zero attached hydrogens (tertiary/aromatic N) is 7. The van der Waals surface area contributed by atoms with Gasteiger partial charge in [0.05, 0.1) is 36.8 Å². The largest absolute Gasteiger partial charge is 0.385 e. The van der Waals surface area contributed by atoms with Crippen molar-refractivity contribution in [2.24, 2.45) is 0 Å². The van der Waals surface area contributed by atoms with E-state index in [0.717, 1.165) is 18.9 Å². The van der Waals surface area contributed by atoms with Gasteiger partial charge in [-0.05, 0) is 38.8 Å². The van der Waals surface area contributed by atoms with Crippen LogP contribution >= 0.6 is 0 Å². The third-order valence-corrected chi connectivity index (χ3v) is 6.73. The summed E-state index contributed by atoms with van der Waals surface area (Å²) in [7, 11) is 0. The monoisotopic (exact) mass is 493 g/mol. The molecule has 0 spiro atoms. The number of fused-ring (bicyclic) bond motifs is 1. The van der Waals surface area contributed by atoms with Crippen LogP contribution in [-0.4, -0.2) is 60.6 Å². The van der Waals surface area contributed by atoms with E-state index in [2.05, 4.69) is 25.0 Å². The maximum absolute atomic E-state index is 14.8. The lowest BCUT2D eigenvalue weighted by atomic mass is 10.1. The van der Waals surface area contributed by atoms with E-state index in [-0.39, 0.29) is 11.3 Å². The molecule has 3 aromatic heterocycles. The van der Waals surface area contributed by atoms with E-state index < -0.39 is 23.8 Å². The van der Waals surface area contributed by atoms with Crippen molar-refractivity contribution in [3.8, 4) is 11.3 Å². The molecule has 2 atom stereocenters. The quantitative estimate of drug-likeness (QED) is 0.451. The van der Waals surface area contributed by atoms with E-state index in [4.69, 9.17) is 4.74 Å². The minimum absolute atomic E-state index is 0.111. The number of benzene rings is 1. The number of morpholine rings is 1. The van der Waals surface area contributed by atoms with E-state index in [1.165, 1.54) is 12.1 Å². The summed E-state index contributed by atoms with van der Waals surface area (Å²) in [6.45, 7) is 4.76. The first-order valence-corrected chi connectivity index (χ1v) is 11.9. The molecule has 1 aliphatic carbocycles. The number of aliphatic hydroxyl groups is 1. The summed E-state index contributed by atoms with van der Waals surface area (Å²) in [6, 6.07) is 3.76. The molecular formula is C25H25F2N7O2. The van der Waals surface area contributed by atoms with Gasteiger partial charge in [-0.3, -0.25) is 4.68 Å². The Bertz CT molecular complexity index is 1460. The number of hydrogen-bond acceptors (Lipinski definition) is 8. The number of aromatic nitrogens is 6. The van der Waals surface area contributed by atoms with Gasteiger partial charge in [-0.1, -0.05) is 0 Å². The number of anilines is 1. The second-order valence-corrected chi connectivity index (χ2v) is 9.35. The fourth-order valence-corrected chi connectivity index (χ4v) is 4.42. The number of ether oxygens (including phenoxy) is 1. The minimum Gasteiger partial charge on any atom is -0.385 e. The molecule has 2 unspecified atom stereocenters. The molecule has 0 bridgehead atoms. The predicted molar refractivity (Wildman–Crippen MR) is 127 cm³/mol. The first-order valence-electron chi connectivity index (χ1n) is 11.9. The molecule has 0 amide bonds. The minimum atomic E-state index is -0.876. The topological polar surface area (TPSA) is 102 Å². The average molecular weight is 494 g/mol. The van der Waals surface area contributed by atoms with Crippen molar-refractivity contribution in [1.29, 1.82) is 0 Å². The zero-order valence-electron chi connectivity index (χ0n) is 19.9. The van der Waals surface area contributed by atoms with Crippen molar-refractivity contribution < 1.29 is 18.6 Å². The zero-order valence-corrected chi connectivity index (χ0v) is 19.9. The Morgan fingerprint density at radius 1 is 1.08 bits per heavy atom. The zero-order chi connectivity index (χ0) is 25.0. The van der Waals surface area contributed by atoms with Gasteiger partial charge in [0.25, 0.3) is 0 Å². The Kier molecular flexibility index (Phi) is 5.60. The van der Waals surface area contributed by atoms with E-state index in [1.54, 1.807) is 13.1 Å².